The number of carbonyl (C=O) groups is 2. The first-order valence-corrected chi connectivity index (χ1v) is 11.2. The maximum Gasteiger partial charge on any atom is 0.290 e. The molecule has 5 rings (SSSR count). The molecular weight excluding hydrogens is 406 g/mol. The van der Waals surface area contributed by atoms with E-state index in [4.69, 9.17) is 14.6 Å². The molecule has 3 fully saturated rings. The van der Waals surface area contributed by atoms with Crippen LogP contribution in [0.4, 0.5) is 0 Å². The Morgan fingerprint density at radius 3 is 2.77 bits per heavy atom. The zero-order chi connectivity index (χ0) is 21.0. The van der Waals surface area contributed by atoms with E-state index in [1.54, 1.807) is 22.2 Å². The molecule has 3 saturated heterocycles. The quantitative estimate of drug-likeness (QED) is 0.729. The second-order valence-electron chi connectivity index (χ2n) is 8.10. The number of fused-ring (bicyclic) bond motifs is 2. The third-order valence-electron chi connectivity index (χ3n) is 6.27. The van der Waals surface area contributed by atoms with E-state index in [9.17, 15) is 4.79 Å². The topological polar surface area (TPSA) is 101 Å². The predicted octanol–water partition coefficient (Wildman–Crippen LogP) is 1.46. The summed E-state index contributed by atoms with van der Waals surface area (Å²) in [6.45, 7) is 3.03. The Balaban J connectivity index is 0.000000687. The van der Waals surface area contributed by atoms with Crippen LogP contribution in [-0.2, 0) is 27.4 Å². The SMILES string of the molecule is O=C(Cn1cccn1)N1CCOC2(C[C@H]3CC[C@@H](C2)N3Cc2cscn2)C1.O=CO. The summed E-state index contributed by atoms with van der Waals surface area (Å²) in [5, 5.41) is 13.2. The highest BCUT2D eigenvalue weighted by atomic mass is 32.1. The van der Waals surface area contributed by atoms with Crippen molar-refractivity contribution in [1.82, 2.24) is 24.6 Å². The minimum absolute atomic E-state index is 0.138. The van der Waals surface area contributed by atoms with E-state index in [0.29, 0.717) is 38.3 Å². The molecule has 0 aliphatic carbocycles. The van der Waals surface area contributed by atoms with Gasteiger partial charge in [-0.05, 0) is 31.7 Å². The van der Waals surface area contributed by atoms with Crippen LogP contribution in [0.3, 0.4) is 0 Å². The number of aromatic nitrogens is 3. The van der Waals surface area contributed by atoms with Gasteiger partial charge in [0.05, 0.1) is 23.4 Å². The first-order chi connectivity index (χ1) is 14.6. The molecule has 3 atom stereocenters. The lowest BCUT2D eigenvalue weighted by atomic mass is 9.84. The van der Waals surface area contributed by atoms with Crippen molar-refractivity contribution in [2.45, 2.75) is 56.5 Å². The van der Waals surface area contributed by atoms with Crippen molar-refractivity contribution in [1.29, 1.82) is 0 Å². The van der Waals surface area contributed by atoms with E-state index in [0.717, 1.165) is 19.4 Å². The van der Waals surface area contributed by atoms with Gasteiger partial charge >= 0.3 is 0 Å². The number of carboxylic acid groups (broad SMARTS) is 1. The first-order valence-electron chi connectivity index (χ1n) is 10.2. The van der Waals surface area contributed by atoms with Gasteiger partial charge in [0, 0.05) is 49.5 Å². The van der Waals surface area contributed by atoms with Crippen molar-refractivity contribution in [2.75, 3.05) is 19.7 Å². The Bertz CT molecular complexity index is 814. The highest BCUT2D eigenvalue weighted by Gasteiger charge is 2.51. The predicted molar refractivity (Wildman–Crippen MR) is 110 cm³/mol. The standard InChI is InChI=1S/C19H25N5O2S.CH2O2/c25-18(11-23-5-1-4-21-23)22-6-7-26-19(13-22)8-16-2-3-17(9-19)24(16)10-15-12-27-14-20-15;2-1-3/h1,4-5,12,14,16-17H,2-3,6-11,13H2;1H,(H,2,3)/t16-,17+,19?;. The number of hydrogen-bond acceptors (Lipinski definition) is 7. The third-order valence-corrected chi connectivity index (χ3v) is 6.91. The number of rotatable bonds is 4. The molecule has 2 aromatic rings. The summed E-state index contributed by atoms with van der Waals surface area (Å²) in [6, 6.07) is 2.92. The molecule has 10 heteroatoms. The van der Waals surface area contributed by atoms with Crippen molar-refractivity contribution in [3.8, 4) is 0 Å². The molecule has 0 aromatic carbocycles. The average molecular weight is 434 g/mol. The minimum atomic E-state index is -0.250. The number of thiazole rings is 1. The highest BCUT2D eigenvalue weighted by molar-refractivity contribution is 7.07. The maximum atomic E-state index is 12.7. The van der Waals surface area contributed by atoms with Crippen molar-refractivity contribution < 1.29 is 19.4 Å². The second kappa shape index (κ2) is 9.23. The Kier molecular flexibility index (Phi) is 6.45. The number of carbonyl (C=O) groups excluding carboxylic acids is 1. The molecule has 0 radical (unpaired) electrons. The average Bonchev–Trinajstić information content (AvgIpc) is 3.47. The van der Waals surface area contributed by atoms with Crippen LogP contribution in [0.1, 0.15) is 31.4 Å². The van der Waals surface area contributed by atoms with Crippen LogP contribution in [0, 0.1) is 0 Å². The summed E-state index contributed by atoms with van der Waals surface area (Å²) < 4.78 is 8.03. The van der Waals surface area contributed by atoms with Gasteiger partial charge in [0.1, 0.15) is 6.54 Å². The number of piperidine rings is 1. The van der Waals surface area contributed by atoms with Gasteiger partial charge in [-0.25, -0.2) is 4.98 Å². The zero-order valence-electron chi connectivity index (χ0n) is 16.8. The minimum Gasteiger partial charge on any atom is -0.483 e. The van der Waals surface area contributed by atoms with Gasteiger partial charge < -0.3 is 14.7 Å². The lowest BCUT2D eigenvalue weighted by Crippen LogP contribution is -2.61. The summed E-state index contributed by atoms with van der Waals surface area (Å²) in [6.07, 6.45) is 8.02. The van der Waals surface area contributed by atoms with Crippen LogP contribution in [0.25, 0.3) is 0 Å². The van der Waals surface area contributed by atoms with Gasteiger partial charge in [-0.2, -0.15) is 5.10 Å². The zero-order valence-corrected chi connectivity index (χ0v) is 17.6. The van der Waals surface area contributed by atoms with E-state index in [-0.39, 0.29) is 18.0 Å². The number of nitrogens with zero attached hydrogens (tertiary/aromatic N) is 5. The number of morpholine rings is 1. The molecule has 3 aliphatic rings. The lowest BCUT2D eigenvalue weighted by Gasteiger charge is -2.50. The van der Waals surface area contributed by atoms with E-state index in [1.165, 1.54) is 18.5 Å². The van der Waals surface area contributed by atoms with E-state index < -0.39 is 0 Å². The number of hydrogen-bond donors (Lipinski definition) is 1. The molecule has 1 amide bonds. The van der Waals surface area contributed by atoms with Crippen LogP contribution in [-0.4, -0.2) is 79.4 Å². The van der Waals surface area contributed by atoms with Crippen LogP contribution in [0.5, 0.6) is 0 Å². The Morgan fingerprint density at radius 2 is 2.13 bits per heavy atom. The van der Waals surface area contributed by atoms with Gasteiger partial charge in [-0.15, -0.1) is 11.3 Å². The fraction of sp³-hybridized carbons (Fsp3) is 0.600. The highest BCUT2D eigenvalue weighted by Crippen LogP contribution is 2.44. The van der Waals surface area contributed by atoms with Gasteiger partial charge in [-0.3, -0.25) is 19.2 Å². The summed E-state index contributed by atoms with van der Waals surface area (Å²) in [5.41, 5.74) is 2.91. The summed E-state index contributed by atoms with van der Waals surface area (Å²) in [5.74, 6) is 0.138. The largest absolute Gasteiger partial charge is 0.483 e. The van der Waals surface area contributed by atoms with Crippen LogP contribution < -0.4 is 0 Å². The van der Waals surface area contributed by atoms with Gasteiger partial charge in [0.2, 0.25) is 5.91 Å². The second-order valence-corrected chi connectivity index (χ2v) is 8.82. The van der Waals surface area contributed by atoms with Crippen molar-refractivity contribution in [2.24, 2.45) is 0 Å². The van der Waals surface area contributed by atoms with E-state index in [1.807, 2.05) is 22.7 Å². The summed E-state index contributed by atoms with van der Waals surface area (Å²) in [4.78, 5) is 30.2. The Morgan fingerprint density at radius 1 is 1.37 bits per heavy atom. The Hall–Kier alpha value is -2.30. The molecule has 162 valence electrons. The van der Waals surface area contributed by atoms with Gasteiger partial charge in [-0.1, -0.05) is 0 Å². The number of amides is 1. The molecular formula is C20H27N5O4S. The first kappa shape index (κ1) is 21.0. The molecule has 2 aromatic heterocycles. The summed E-state index contributed by atoms with van der Waals surface area (Å²) >= 11 is 1.66. The van der Waals surface area contributed by atoms with E-state index in [2.05, 4.69) is 20.4 Å². The van der Waals surface area contributed by atoms with Crippen molar-refractivity contribution in [3.63, 3.8) is 0 Å². The Labute approximate surface area is 179 Å². The molecule has 9 nitrogen and oxygen atoms in total. The molecule has 2 bridgehead atoms. The molecule has 1 spiro atoms. The van der Waals surface area contributed by atoms with Crippen LogP contribution in [0.2, 0.25) is 0 Å². The molecule has 3 aliphatic heterocycles. The maximum absolute atomic E-state index is 12.7. The van der Waals surface area contributed by atoms with Crippen molar-refractivity contribution >= 4 is 23.7 Å². The molecule has 1 N–H and O–H groups in total. The normalized spacial score (nSPS) is 28.2. The monoisotopic (exact) mass is 433 g/mol. The number of ether oxygens (including phenoxy) is 1. The lowest BCUT2D eigenvalue weighted by molar-refractivity contribution is -0.167. The van der Waals surface area contributed by atoms with Gasteiger partial charge in [0.15, 0.2) is 0 Å². The third kappa shape index (κ3) is 4.55. The molecule has 0 saturated carbocycles. The van der Waals surface area contributed by atoms with Crippen molar-refractivity contribution in [3.05, 3.63) is 35.0 Å². The van der Waals surface area contributed by atoms with Crippen LogP contribution >= 0.6 is 11.3 Å². The molecule has 1 unspecified atom stereocenters. The molecule has 5 heterocycles. The van der Waals surface area contributed by atoms with Gasteiger partial charge in [0.25, 0.3) is 6.47 Å². The fourth-order valence-electron chi connectivity index (χ4n) is 5.09. The van der Waals surface area contributed by atoms with E-state index >= 15 is 0 Å². The molecule has 30 heavy (non-hydrogen) atoms. The fourth-order valence-corrected chi connectivity index (χ4v) is 5.64. The summed E-state index contributed by atoms with van der Waals surface area (Å²) in [7, 11) is 0. The van der Waals surface area contributed by atoms with Crippen LogP contribution in [0.15, 0.2) is 29.4 Å². The smallest absolute Gasteiger partial charge is 0.290 e.